The SMILES string of the molecule is C=CCN(CC=C)c1nc2c(n1Cc1nnc(-c3ccc(Cl)c(Cl)c3)o1)C(=O)N(C)C(O)N2C. The van der Waals surface area contributed by atoms with E-state index in [-0.39, 0.29) is 29.9 Å². The summed E-state index contributed by atoms with van der Waals surface area (Å²) in [6.07, 6.45) is 2.31. The molecule has 1 N–H and O–H groups in total. The zero-order chi connectivity index (χ0) is 24.6. The molecule has 0 radical (unpaired) electrons. The number of benzene rings is 1. The molecule has 1 aliphatic heterocycles. The van der Waals surface area contributed by atoms with Gasteiger partial charge in [-0.2, -0.15) is 4.98 Å². The Kier molecular flexibility index (Phi) is 6.65. The first-order chi connectivity index (χ1) is 16.3. The highest BCUT2D eigenvalue weighted by molar-refractivity contribution is 6.42. The molecule has 2 aromatic heterocycles. The number of imidazole rings is 1. The molecule has 10 nitrogen and oxygen atoms in total. The summed E-state index contributed by atoms with van der Waals surface area (Å²) in [6.45, 7) is 8.60. The maximum Gasteiger partial charge on any atom is 0.277 e. The molecule has 1 atom stereocenters. The Hall–Kier alpha value is -3.34. The number of rotatable bonds is 8. The predicted molar refractivity (Wildman–Crippen MR) is 130 cm³/mol. The van der Waals surface area contributed by atoms with Gasteiger partial charge in [0, 0.05) is 32.7 Å². The lowest BCUT2D eigenvalue weighted by Gasteiger charge is -2.36. The minimum absolute atomic E-state index is 0.0697. The molecule has 0 spiro atoms. The largest absolute Gasteiger partial charge is 0.419 e. The van der Waals surface area contributed by atoms with Crippen molar-refractivity contribution < 1.29 is 14.3 Å². The van der Waals surface area contributed by atoms with E-state index in [1.165, 1.54) is 16.8 Å². The lowest BCUT2D eigenvalue weighted by molar-refractivity contribution is 0.0152. The molecule has 4 rings (SSSR count). The van der Waals surface area contributed by atoms with Crippen LogP contribution in [0.2, 0.25) is 10.0 Å². The number of nitrogens with zero attached hydrogens (tertiary/aromatic N) is 7. The number of anilines is 2. The molecular formula is C22H23Cl2N7O3. The first kappa shape index (κ1) is 23.8. The van der Waals surface area contributed by atoms with Crippen LogP contribution in [0, 0.1) is 0 Å². The van der Waals surface area contributed by atoms with Gasteiger partial charge < -0.3 is 19.3 Å². The number of hydrogen-bond donors (Lipinski definition) is 1. The average Bonchev–Trinajstić information content (AvgIpc) is 3.43. The van der Waals surface area contributed by atoms with E-state index in [1.54, 1.807) is 42.0 Å². The van der Waals surface area contributed by atoms with E-state index in [9.17, 15) is 9.90 Å². The van der Waals surface area contributed by atoms with Gasteiger partial charge in [0.1, 0.15) is 6.54 Å². The molecular weight excluding hydrogens is 481 g/mol. The van der Waals surface area contributed by atoms with Crippen molar-refractivity contribution in [2.45, 2.75) is 12.9 Å². The number of aliphatic hydroxyl groups excluding tert-OH is 1. The second-order valence-corrected chi connectivity index (χ2v) is 8.47. The van der Waals surface area contributed by atoms with Crippen LogP contribution in [-0.4, -0.2) is 69.2 Å². The van der Waals surface area contributed by atoms with E-state index < -0.39 is 6.35 Å². The van der Waals surface area contributed by atoms with Crippen LogP contribution in [0.3, 0.4) is 0 Å². The molecule has 34 heavy (non-hydrogen) atoms. The third kappa shape index (κ3) is 4.15. The number of carbonyl (C=O) groups is 1. The third-order valence-electron chi connectivity index (χ3n) is 5.39. The maximum atomic E-state index is 13.2. The second kappa shape index (κ2) is 9.49. The fraction of sp³-hybridized carbons (Fsp3) is 0.273. The van der Waals surface area contributed by atoms with Gasteiger partial charge in [-0.25, -0.2) is 0 Å². The van der Waals surface area contributed by atoms with Crippen LogP contribution >= 0.6 is 23.2 Å². The van der Waals surface area contributed by atoms with E-state index in [0.717, 1.165) is 0 Å². The number of halogens is 2. The Morgan fingerprint density at radius 3 is 2.50 bits per heavy atom. The molecule has 1 aromatic carbocycles. The average molecular weight is 504 g/mol. The standard InChI is InChI=1S/C22H23Cl2N7O3/c1-5-9-30(10-6-2)21-25-18-17(20(32)29(4)22(33)28(18)3)31(21)12-16-26-27-19(34-16)13-7-8-14(23)15(24)11-13/h5-8,11,22,33H,1-2,9-10,12H2,3-4H3. The van der Waals surface area contributed by atoms with Crippen molar-refractivity contribution >= 4 is 40.9 Å². The van der Waals surface area contributed by atoms with Gasteiger partial charge in [0.05, 0.1) is 10.0 Å². The summed E-state index contributed by atoms with van der Waals surface area (Å²) in [4.78, 5) is 22.5. The van der Waals surface area contributed by atoms with Gasteiger partial charge in [0.15, 0.2) is 11.5 Å². The van der Waals surface area contributed by atoms with E-state index in [2.05, 4.69) is 28.3 Å². The minimum Gasteiger partial charge on any atom is -0.419 e. The molecule has 1 amide bonds. The van der Waals surface area contributed by atoms with E-state index in [0.29, 0.717) is 40.5 Å². The summed E-state index contributed by atoms with van der Waals surface area (Å²) in [5.41, 5.74) is 0.900. The Morgan fingerprint density at radius 2 is 1.85 bits per heavy atom. The normalized spacial score (nSPS) is 15.4. The molecule has 178 valence electrons. The van der Waals surface area contributed by atoms with Gasteiger partial charge in [0.2, 0.25) is 24.1 Å². The van der Waals surface area contributed by atoms with Gasteiger partial charge >= 0.3 is 0 Å². The molecule has 0 saturated carbocycles. The number of fused-ring (bicyclic) bond motifs is 1. The lowest BCUT2D eigenvalue weighted by Crippen LogP contribution is -2.52. The quantitative estimate of drug-likeness (QED) is 0.467. The van der Waals surface area contributed by atoms with Crippen LogP contribution in [0.4, 0.5) is 11.8 Å². The second-order valence-electron chi connectivity index (χ2n) is 7.66. The Labute approximate surface area is 206 Å². The van der Waals surface area contributed by atoms with Crippen LogP contribution in [-0.2, 0) is 6.54 Å². The maximum absolute atomic E-state index is 13.2. The number of amides is 1. The zero-order valence-electron chi connectivity index (χ0n) is 18.6. The fourth-order valence-corrected chi connectivity index (χ4v) is 3.96. The van der Waals surface area contributed by atoms with Crippen LogP contribution < -0.4 is 9.80 Å². The van der Waals surface area contributed by atoms with Gasteiger partial charge in [-0.15, -0.1) is 23.4 Å². The summed E-state index contributed by atoms with van der Waals surface area (Å²) < 4.78 is 7.56. The molecule has 12 heteroatoms. The predicted octanol–water partition coefficient (Wildman–Crippen LogP) is 3.26. The molecule has 3 aromatic rings. The summed E-state index contributed by atoms with van der Waals surface area (Å²) in [5, 5.41) is 19.5. The highest BCUT2D eigenvalue weighted by Crippen LogP contribution is 2.33. The number of aromatic nitrogens is 4. The monoisotopic (exact) mass is 503 g/mol. The molecule has 0 aliphatic carbocycles. The Balaban J connectivity index is 1.79. The van der Waals surface area contributed by atoms with E-state index >= 15 is 0 Å². The van der Waals surface area contributed by atoms with Crippen molar-refractivity contribution in [2.24, 2.45) is 0 Å². The summed E-state index contributed by atoms with van der Waals surface area (Å²) in [6, 6.07) is 5.00. The molecule has 0 bridgehead atoms. The molecule has 0 saturated heterocycles. The van der Waals surface area contributed by atoms with Crippen molar-refractivity contribution in [3.63, 3.8) is 0 Å². The van der Waals surface area contributed by atoms with Crippen molar-refractivity contribution in [3.05, 3.63) is 65.1 Å². The zero-order valence-corrected chi connectivity index (χ0v) is 20.2. The van der Waals surface area contributed by atoms with Gasteiger partial charge in [0.25, 0.3) is 5.91 Å². The first-order valence-corrected chi connectivity index (χ1v) is 11.1. The van der Waals surface area contributed by atoms with Crippen LogP contribution in [0.5, 0.6) is 0 Å². The van der Waals surface area contributed by atoms with Crippen LogP contribution in [0.25, 0.3) is 11.5 Å². The molecule has 1 unspecified atom stereocenters. The van der Waals surface area contributed by atoms with Crippen molar-refractivity contribution in [1.82, 2.24) is 24.6 Å². The van der Waals surface area contributed by atoms with Crippen molar-refractivity contribution in [3.8, 4) is 11.5 Å². The molecule has 1 aliphatic rings. The highest BCUT2D eigenvalue weighted by atomic mass is 35.5. The third-order valence-corrected chi connectivity index (χ3v) is 6.13. The van der Waals surface area contributed by atoms with Crippen molar-refractivity contribution in [1.29, 1.82) is 0 Å². The van der Waals surface area contributed by atoms with Gasteiger partial charge in [-0.3, -0.25) is 14.3 Å². The topological polar surface area (TPSA) is 104 Å². The van der Waals surface area contributed by atoms with Crippen molar-refractivity contribution in [2.75, 3.05) is 37.0 Å². The number of hydrogen-bond acceptors (Lipinski definition) is 8. The summed E-state index contributed by atoms with van der Waals surface area (Å²) in [5.74, 6) is 0.938. The lowest BCUT2D eigenvalue weighted by atomic mass is 10.2. The van der Waals surface area contributed by atoms with E-state index in [4.69, 9.17) is 27.6 Å². The van der Waals surface area contributed by atoms with Crippen LogP contribution in [0.15, 0.2) is 47.9 Å². The van der Waals surface area contributed by atoms with Gasteiger partial charge in [-0.05, 0) is 18.2 Å². The van der Waals surface area contributed by atoms with Gasteiger partial charge in [-0.1, -0.05) is 35.4 Å². The summed E-state index contributed by atoms with van der Waals surface area (Å²) >= 11 is 12.1. The molecule has 0 fully saturated rings. The fourth-order valence-electron chi connectivity index (χ4n) is 3.67. The smallest absolute Gasteiger partial charge is 0.277 e. The Bertz CT molecular complexity index is 1250. The number of aliphatic hydroxyl groups is 1. The highest BCUT2D eigenvalue weighted by Gasteiger charge is 2.39. The number of carbonyl (C=O) groups excluding carboxylic acids is 1. The Morgan fingerprint density at radius 1 is 1.15 bits per heavy atom. The molecule has 3 heterocycles. The first-order valence-electron chi connectivity index (χ1n) is 10.3. The van der Waals surface area contributed by atoms with E-state index in [1.807, 2.05) is 4.90 Å². The minimum atomic E-state index is -1.15. The van der Waals surface area contributed by atoms with Crippen LogP contribution in [0.1, 0.15) is 16.4 Å². The summed E-state index contributed by atoms with van der Waals surface area (Å²) in [7, 11) is 3.18.